The Hall–Kier alpha value is -1.71. The van der Waals surface area contributed by atoms with Gasteiger partial charge in [0.1, 0.15) is 22.6 Å². The summed E-state index contributed by atoms with van der Waals surface area (Å²) >= 11 is 6.26. The molecule has 2 aromatic carbocycles. The maximum Gasteiger partial charge on any atom is 0.147 e. The van der Waals surface area contributed by atoms with Crippen LogP contribution in [0.4, 0.5) is 0 Å². The summed E-state index contributed by atoms with van der Waals surface area (Å²) in [5.74, 6) is 0.961. The third-order valence-corrected chi connectivity index (χ3v) is 3.90. The van der Waals surface area contributed by atoms with Gasteiger partial charge in [0.05, 0.1) is 14.2 Å². The summed E-state index contributed by atoms with van der Waals surface area (Å²) in [5.41, 5.74) is 2.59. The summed E-state index contributed by atoms with van der Waals surface area (Å²) < 4.78 is 10.5. The highest BCUT2D eigenvalue weighted by molar-refractivity contribution is 6.33. The summed E-state index contributed by atoms with van der Waals surface area (Å²) in [5, 5.41) is 11.1. The summed E-state index contributed by atoms with van der Waals surface area (Å²) in [4.78, 5) is 0. The molecule has 0 heterocycles. The Kier molecular flexibility index (Phi) is 5.10. The maximum absolute atomic E-state index is 10.7. The Morgan fingerprint density at radius 2 is 1.76 bits per heavy atom. The lowest BCUT2D eigenvalue weighted by atomic mass is 9.95. The first-order valence-corrected chi connectivity index (χ1v) is 7.18. The van der Waals surface area contributed by atoms with Crippen LogP contribution in [0.25, 0.3) is 0 Å². The molecule has 0 fully saturated rings. The monoisotopic (exact) mass is 306 g/mol. The minimum absolute atomic E-state index is 0.366. The van der Waals surface area contributed by atoms with Gasteiger partial charge in [-0.15, -0.1) is 0 Å². The third-order valence-electron chi connectivity index (χ3n) is 3.54. The van der Waals surface area contributed by atoms with E-state index in [4.69, 9.17) is 21.1 Å². The molecule has 0 radical (unpaired) electrons. The average Bonchev–Trinajstić information content (AvgIpc) is 2.53. The smallest absolute Gasteiger partial charge is 0.147 e. The Morgan fingerprint density at radius 3 is 2.38 bits per heavy atom. The second kappa shape index (κ2) is 6.83. The highest BCUT2D eigenvalue weighted by Crippen LogP contribution is 2.41. The normalized spacial score (nSPS) is 12.0. The molecule has 0 saturated heterocycles. The van der Waals surface area contributed by atoms with Crippen LogP contribution in [-0.4, -0.2) is 19.3 Å². The molecule has 0 aromatic heterocycles. The number of aliphatic hydroxyl groups is 1. The number of aliphatic hydroxyl groups excluding tert-OH is 1. The Bertz CT molecular complexity index is 625. The third kappa shape index (κ3) is 2.99. The van der Waals surface area contributed by atoms with Gasteiger partial charge in [-0.1, -0.05) is 42.8 Å². The van der Waals surface area contributed by atoms with E-state index in [1.807, 2.05) is 24.3 Å². The maximum atomic E-state index is 10.7. The molecule has 112 valence electrons. The molecule has 1 atom stereocenters. The number of halogens is 1. The lowest BCUT2D eigenvalue weighted by Crippen LogP contribution is -2.06. The lowest BCUT2D eigenvalue weighted by molar-refractivity contribution is 0.213. The molecular weight excluding hydrogens is 288 g/mol. The highest BCUT2D eigenvalue weighted by atomic mass is 35.5. The summed E-state index contributed by atoms with van der Waals surface area (Å²) in [6, 6.07) is 11.3. The van der Waals surface area contributed by atoms with Gasteiger partial charge in [0.2, 0.25) is 0 Å². The van der Waals surface area contributed by atoms with Crippen LogP contribution in [0.1, 0.15) is 29.7 Å². The minimum atomic E-state index is -0.792. The van der Waals surface area contributed by atoms with Gasteiger partial charge in [-0.25, -0.2) is 0 Å². The standard InChI is InChI=1S/C17H19ClO3/c1-4-11-7-5-6-8-12(11)16(19)13-9-10-14(20-2)15(18)17(13)21-3/h5-10,16,19H,4H2,1-3H3. The number of methoxy groups -OCH3 is 2. The SMILES string of the molecule is CCc1ccccc1C(O)c1ccc(OC)c(Cl)c1OC. The van der Waals surface area contributed by atoms with E-state index < -0.39 is 6.10 Å². The first kappa shape index (κ1) is 15.7. The van der Waals surface area contributed by atoms with E-state index in [1.165, 1.54) is 7.11 Å². The van der Waals surface area contributed by atoms with E-state index in [0.29, 0.717) is 22.1 Å². The second-order valence-corrected chi connectivity index (χ2v) is 5.04. The zero-order chi connectivity index (χ0) is 15.4. The zero-order valence-electron chi connectivity index (χ0n) is 12.4. The van der Waals surface area contributed by atoms with Crippen molar-refractivity contribution < 1.29 is 14.6 Å². The van der Waals surface area contributed by atoms with Gasteiger partial charge in [-0.05, 0) is 29.7 Å². The Balaban J connectivity index is 2.53. The second-order valence-electron chi connectivity index (χ2n) is 4.66. The van der Waals surface area contributed by atoms with Gasteiger partial charge in [-0.2, -0.15) is 0 Å². The number of rotatable bonds is 5. The predicted octanol–water partition coefficient (Wildman–Crippen LogP) is 4.00. The molecule has 4 heteroatoms. The van der Waals surface area contributed by atoms with Gasteiger partial charge in [-0.3, -0.25) is 0 Å². The van der Waals surface area contributed by atoms with Gasteiger partial charge in [0.25, 0.3) is 0 Å². The molecule has 0 aliphatic rings. The van der Waals surface area contributed by atoms with Crippen molar-refractivity contribution in [1.82, 2.24) is 0 Å². The van der Waals surface area contributed by atoms with E-state index in [0.717, 1.165) is 17.5 Å². The largest absolute Gasteiger partial charge is 0.495 e. The first-order chi connectivity index (χ1) is 10.1. The van der Waals surface area contributed by atoms with Crippen molar-refractivity contribution in [3.05, 3.63) is 58.1 Å². The number of aryl methyl sites for hydroxylation is 1. The molecule has 0 bridgehead atoms. The Labute approximate surface area is 130 Å². The van der Waals surface area contributed by atoms with Crippen LogP contribution >= 0.6 is 11.6 Å². The highest BCUT2D eigenvalue weighted by Gasteiger charge is 2.21. The number of hydrogen-bond acceptors (Lipinski definition) is 3. The fraction of sp³-hybridized carbons (Fsp3) is 0.294. The molecule has 0 spiro atoms. The van der Waals surface area contributed by atoms with Crippen LogP contribution in [0, 0.1) is 0 Å². The molecule has 21 heavy (non-hydrogen) atoms. The van der Waals surface area contributed by atoms with Crippen LogP contribution in [0.3, 0.4) is 0 Å². The summed E-state index contributed by atoms with van der Waals surface area (Å²) in [7, 11) is 3.08. The molecule has 1 N–H and O–H groups in total. The predicted molar refractivity (Wildman–Crippen MR) is 84.4 cm³/mol. The molecular formula is C17H19ClO3. The quantitative estimate of drug-likeness (QED) is 0.907. The summed E-state index contributed by atoms with van der Waals surface area (Å²) in [6.07, 6.45) is 0.0545. The van der Waals surface area contributed by atoms with E-state index >= 15 is 0 Å². The lowest BCUT2D eigenvalue weighted by Gasteiger charge is -2.19. The van der Waals surface area contributed by atoms with Crippen molar-refractivity contribution >= 4 is 11.6 Å². The number of hydrogen-bond donors (Lipinski definition) is 1. The Morgan fingerprint density at radius 1 is 1.05 bits per heavy atom. The van der Waals surface area contributed by atoms with Crippen molar-refractivity contribution in [2.75, 3.05) is 14.2 Å². The molecule has 0 aliphatic heterocycles. The molecule has 0 aliphatic carbocycles. The number of benzene rings is 2. The summed E-state index contributed by atoms with van der Waals surface area (Å²) in [6.45, 7) is 2.06. The van der Waals surface area contributed by atoms with Crippen molar-refractivity contribution in [3.63, 3.8) is 0 Å². The topological polar surface area (TPSA) is 38.7 Å². The molecule has 0 saturated carbocycles. The first-order valence-electron chi connectivity index (χ1n) is 6.80. The average molecular weight is 307 g/mol. The minimum Gasteiger partial charge on any atom is -0.495 e. The van der Waals surface area contributed by atoms with Crippen LogP contribution in [0.5, 0.6) is 11.5 Å². The molecule has 3 nitrogen and oxygen atoms in total. The van der Waals surface area contributed by atoms with E-state index in [1.54, 1.807) is 19.2 Å². The van der Waals surface area contributed by atoms with Crippen LogP contribution in [0.15, 0.2) is 36.4 Å². The van der Waals surface area contributed by atoms with E-state index in [9.17, 15) is 5.11 Å². The van der Waals surface area contributed by atoms with Crippen LogP contribution in [0.2, 0.25) is 5.02 Å². The van der Waals surface area contributed by atoms with Crippen molar-refractivity contribution in [2.45, 2.75) is 19.4 Å². The fourth-order valence-electron chi connectivity index (χ4n) is 2.42. The van der Waals surface area contributed by atoms with Gasteiger partial charge in [0, 0.05) is 5.56 Å². The van der Waals surface area contributed by atoms with Crippen molar-refractivity contribution in [1.29, 1.82) is 0 Å². The van der Waals surface area contributed by atoms with Gasteiger partial charge < -0.3 is 14.6 Å². The van der Waals surface area contributed by atoms with Gasteiger partial charge in [0.15, 0.2) is 0 Å². The zero-order valence-corrected chi connectivity index (χ0v) is 13.1. The molecule has 2 aromatic rings. The fourth-order valence-corrected chi connectivity index (χ4v) is 2.75. The van der Waals surface area contributed by atoms with Crippen molar-refractivity contribution in [2.24, 2.45) is 0 Å². The number of ether oxygens (including phenoxy) is 2. The van der Waals surface area contributed by atoms with E-state index in [2.05, 4.69) is 6.92 Å². The van der Waals surface area contributed by atoms with Crippen LogP contribution in [-0.2, 0) is 6.42 Å². The van der Waals surface area contributed by atoms with Gasteiger partial charge >= 0.3 is 0 Å². The van der Waals surface area contributed by atoms with Crippen molar-refractivity contribution in [3.8, 4) is 11.5 Å². The molecule has 1 unspecified atom stereocenters. The van der Waals surface area contributed by atoms with Crippen LogP contribution < -0.4 is 9.47 Å². The molecule has 2 rings (SSSR count). The molecule has 0 amide bonds. The van der Waals surface area contributed by atoms with E-state index in [-0.39, 0.29) is 0 Å².